The number of benzene rings is 1. The van der Waals surface area contributed by atoms with Crippen molar-refractivity contribution >= 4 is 22.6 Å². The number of ether oxygens (including phenoxy) is 1. The van der Waals surface area contributed by atoms with Gasteiger partial charge in [-0.2, -0.15) is 4.98 Å². The fraction of sp³-hybridized carbons (Fsp3) is 0.444. The molecule has 0 unspecified atom stereocenters. The van der Waals surface area contributed by atoms with E-state index in [9.17, 15) is 4.39 Å². The third kappa shape index (κ3) is 2.56. The van der Waals surface area contributed by atoms with Crippen molar-refractivity contribution in [3.05, 3.63) is 30.5 Å². The fourth-order valence-corrected chi connectivity index (χ4v) is 3.42. The minimum absolute atomic E-state index is 0.0290. The van der Waals surface area contributed by atoms with Gasteiger partial charge in [0.1, 0.15) is 17.1 Å². The molecule has 5 nitrogen and oxygen atoms in total. The molecule has 0 bridgehead atoms. The summed E-state index contributed by atoms with van der Waals surface area (Å²) in [5, 5.41) is 0. The van der Waals surface area contributed by atoms with Crippen molar-refractivity contribution in [3.63, 3.8) is 0 Å². The molecule has 0 saturated carbocycles. The number of para-hydroxylation sites is 1. The van der Waals surface area contributed by atoms with Gasteiger partial charge in [-0.1, -0.05) is 6.07 Å². The summed E-state index contributed by atoms with van der Waals surface area (Å²) in [6, 6.07) is 7.69. The number of hydrogen-bond donors (Lipinski definition) is 0. The number of imidazole rings is 1. The maximum Gasteiger partial charge on any atom is 0.236 e. The first-order valence-electron chi connectivity index (χ1n) is 9.20. The standard InChI is InChI=1S/C18H21FN4O/c1-24-15-4-2-3-14-17(15)23-12-8-16(21-18(23)20-14)22-10-6-13(5-9-19)7-11-22/h2-4,8,12-13H,5-7,9-11H2,1H3/i9D2,19-1. The number of nitrogens with zero attached hydrogens (tertiary/aromatic N) is 4. The minimum atomic E-state index is -2.58. The maximum absolute atomic E-state index is 13.2. The summed E-state index contributed by atoms with van der Waals surface area (Å²) in [6.07, 6.45) is 3.45. The van der Waals surface area contributed by atoms with Gasteiger partial charge in [-0.25, -0.2) is 4.98 Å². The van der Waals surface area contributed by atoms with E-state index in [1.165, 1.54) is 0 Å². The van der Waals surface area contributed by atoms with Crippen LogP contribution >= 0.6 is 0 Å². The van der Waals surface area contributed by atoms with E-state index in [-0.39, 0.29) is 12.3 Å². The molecule has 1 fully saturated rings. The van der Waals surface area contributed by atoms with Gasteiger partial charge in [0.2, 0.25) is 5.78 Å². The highest BCUT2D eigenvalue weighted by Crippen LogP contribution is 2.28. The van der Waals surface area contributed by atoms with Gasteiger partial charge in [-0.15, -0.1) is 0 Å². The van der Waals surface area contributed by atoms with E-state index in [4.69, 9.17) is 7.48 Å². The van der Waals surface area contributed by atoms with Crippen molar-refractivity contribution in [1.29, 1.82) is 0 Å². The Morgan fingerprint density at radius 1 is 1.29 bits per heavy atom. The molecule has 0 amide bonds. The number of rotatable bonds is 4. The monoisotopic (exact) mass is 329 g/mol. The van der Waals surface area contributed by atoms with Gasteiger partial charge >= 0.3 is 0 Å². The van der Waals surface area contributed by atoms with Crippen molar-refractivity contribution in [2.75, 3.05) is 31.7 Å². The average molecular weight is 329 g/mol. The first-order chi connectivity index (χ1) is 12.4. The van der Waals surface area contributed by atoms with E-state index < -0.39 is 6.63 Å². The molecule has 3 aromatic rings. The summed E-state index contributed by atoms with van der Waals surface area (Å²) in [6.45, 7) is -1.10. The minimum Gasteiger partial charge on any atom is -0.494 e. The summed E-state index contributed by atoms with van der Waals surface area (Å²) in [5.41, 5.74) is 1.73. The van der Waals surface area contributed by atoms with E-state index in [0.717, 1.165) is 48.5 Å². The molecule has 1 saturated heterocycles. The summed E-state index contributed by atoms with van der Waals surface area (Å²) in [7, 11) is 1.64. The van der Waals surface area contributed by atoms with Gasteiger partial charge in [-0.05, 0) is 43.4 Å². The lowest BCUT2D eigenvalue weighted by atomic mass is 9.94. The van der Waals surface area contributed by atoms with Crippen LogP contribution in [0.1, 0.15) is 22.0 Å². The third-order valence-corrected chi connectivity index (χ3v) is 4.77. The molecule has 4 rings (SSSR count). The van der Waals surface area contributed by atoms with Crippen LogP contribution in [0.2, 0.25) is 0 Å². The molecule has 0 spiro atoms. The highest BCUT2D eigenvalue weighted by molar-refractivity contribution is 5.85. The summed E-state index contributed by atoms with van der Waals surface area (Å²) in [5.74, 6) is 2.29. The van der Waals surface area contributed by atoms with Crippen molar-refractivity contribution in [2.45, 2.75) is 19.3 Å². The van der Waals surface area contributed by atoms with E-state index >= 15 is 0 Å². The Kier molecular flexibility index (Phi) is 3.39. The highest BCUT2D eigenvalue weighted by Gasteiger charge is 2.20. The molecule has 6 heteroatoms. The molecule has 126 valence electrons. The summed E-state index contributed by atoms with van der Waals surface area (Å²) >= 11 is 0. The Labute approximate surface area is 142 Å². The number of fused-ring (bicyclic) bond motifs is 3. The number of hydrogen-bond acceptors (Lipinski definition) is 4. The Hall–Kier alpha value is -2.37. The molecule has 0 N–H and O–H groups in total. The number of anilines is 1. The Balaban J connectivity index is 1.58. The van der Waals surface area contributed by atoms with Crippen molar-refractivity contribution in [1.82, 2.24) is 14.4 Å². The van der Waals surface area contributed by atoms with Gasteiger partial charge < -0.3 is 9.64 Å². The van der Waals surface area contributed by atoms with E-state index in [1.807, 2.05) is 34.9 Å². The Morgan fingerprint density at radius 2 is 2.12 bits per heavy atom. The maximum atomic E-state index is 13.2. The molecule has 1 aliphatic rings. The molecule has 24 heavy (non-hydrogen) atoms. The fourth-order valence-electron chi connectivity index (χ4n) is 3.42. The lowest BCUT2D eigenvalue weighted by Gasteiger charge is -2.32. The summed E-state index contributed by atoms with van der Waals surface area (Å²) < 4.78 is 34.8. The van der Waals surface area contributed by atoms with Crippen molar-refractivity contribution in [3.8, 4) is 5.75 Å². The largest absolute Gasteiger partial charge is 0.494 e. The van der Waals surface area contributed by atoms with E-state index in [0.29, 0.717) is 5.78 Å². The molecule has 0 aliphatic carbocycles. The predicted octanol–water partition coefficient (Wildman–Crippen LogP) is 3.47. The van der Waals surface area contributed by atoms with Crippen LogP contribution in [0.3, 0.4) is 0 Å². The number of aromatic nitrogens is 3. The number of alkyl halides is 1. The average Bonchev–Trinajstić information content (AvgIpc) is 2.98. The lowest BCUT2D eigenvalue weighted by Crippen LogP contribution is -2.34. The highest BCUT2D eigenvalue weighted by atomic mass is 18.2. The zero-order chi connectivity index (χ0) is 18.3. The Bertz CT molecular complexity index is 932. The summed E-state index contributed by atoms with van der Waals surface area (Å²) in [4.78, 5) is 11.4. The smallest absolute Gasteiger partial charge is 0.236 e. The molecule has 1 aliphatic heterocycles. The van der Waals surface area contributed by atoms with Crippen LogP contribution in [0.4, 0.5) is 10.2 Å². The molecular formula is C18H21FN4O. The molecule has 0 atom stereocenters. The first-order valence-corrected chi connectivity index (χ1v) is 8.20. The molecule has 0 radical (unpaired) electrons. The molecule has 3 heterocycles. The van der Waals surface area contributed by atoms with E-state index in [1.54, 1.807) is 7.11 Å². The van der Waals surface area contributed by atoms with Crippen LogP contribution in [-0.2, 0) is 0 Å². The van der Waals surface area contributed by atoms with E-state index in [2.05, 4.69) is 14.9 Å². The van der Waals surface area contributed by atoms with Crippen molar-refractivity contribution < 1.29 is 11.9 Å². The van der Waals surface area contributed by atoms with Crippen LogP contribution in [0, 0.1) is 5.92 Å². The number of methoxy groups -OCH3 is 1. The second kappa shape index (κ2) is 6.26. The third-order valence-electron chi connectivity index (χ3n) is 4.77. The lowest BCUT2D eigenvalue weighted by molar-refractivity contribution is 0.332. The molecule has 2 aromatic heterocycles. The van der Waals surface area contributed by atoms with Gasteiger partial charge in [-0.3, -0.25) is 8.79 Å². The van der Waals surface area contributed by atoms with Crippen LogP contribution in [0.5, 0.6) is 5.75 Å². The number of piperidine rings is 1. The second-order valence-electron chi connectivity index (χ2n) is 6.16. The van der Waals surface area contributed by atoms with Gasteiger partial charge in [0.05, 0.1) is 22.0 Å². The van der Waals surface area contributed by atoms with Crippen LogP contribution < -0.4 is 9.64 Å². The van der Waals surface area contributed by atoms with Crippen LogP contribution in [0.25, 0.3) is 16.8 Å². The second-order valence-corrected chi connectivity index (χ2v) is 6.16. The predicted molar refractivity (Wildman–Crippen MR) is 92.6 cm³/mol. The van der Waals surface area contributed by atoms with Crippen LogP contribution in [-0.4, -0.2) is 41.2 Å². The van der Waals surface area contributed by atoms with Crippen LogP contribution in [0.15, 0.2) is 30.5 Å². The first kappa shape index (κ1) is 13.0. The number of halogens is 1. The SMILES string of the molecule is [2H]C([2H])([18F])CC1CCN(c2ccn3c(n2)nc2cccc(OC)c23)CC1. The normalized spacial score (nSPS) is 18.0. The van der Waals surface area contributed by atoms with Gasteiger partial charge in [0, 0.05) is 19.3 Å². The molecule has 1 aromatic carbocycles. The van der Waals surface area contributed by atoms with Gasteiger partial charge in [0.15, 0.2) is 0 Å². The Morgan fingerprint density at radius 3 is 2.88 bits per heavy atom. The molecular weight excluding hydrogens is 306 g/mol. The zero-order valence-electron chi connectivity index (χ0n) is 15.6. The zero-order valence-corrected chi connectivity index (χ0v) is 13.6. The quantitative estimate of drug-likeness (QED) is 0.735. The van der Waals surface area contributed by atoms with Gasteiger partial charge in [0.25, 0.3) is 0 Å². The topological polar surface area (TPSA) is 42.7 Å². The van der Waals surface area contributed by atoms with Crippen molar-refractivity contribution in [2.24, 2.45) is 5.92 Å².